The molecule has 0 saturated carbocycles. The van der Waals surface area contributed by atoms with Crippen LogP contribution in [0.5, 0.6) is 17.2 Å². The first-order chi connectivity index (χ1) is 9.26. The number of aldehydes is 1. The molecule has 5 nitrogen and oxygen atoms in total. The zero-order valence-corrected chi connectivity index (χ0v) is 11.6. The van der Waals surface area contributed by atoms with Crippen molar-refractivity contribution in [3.8, 4) is 17.2 Å². The SMILES string of the molecule is CCOCCCOc1c(OC)cc(C=O)cc1OC. The lowest BCUT2D eigenvalue weighted by atomic mass is 10.2. The van der Waals surface area contributed by atoms with Gasteiger partial charge < -0.3 is 18.9 Å². The van der Waals surface area contributed by atoms with Gasteiger partial charge in [0.05, 0.1) is 20.8 Å². The van der Waals surface area contributed by atoms with Gasteiger partial charge in [-0.1, -0.05) is 0 Å². The molecule has 0 unspecified atom stereocenters. The van der Waals surface area contributed by atoms with Crippen LogP contribution in [0.1, 0.15) is 23.7 Å². The Morgan fingerprint density at radius 1 is 1.11 bits per heavy atom. The molecule has 0 aliphatic carbocycles. The highest BCUT2D eigenvalue weighted by Gasteiger charge is 2.13. The number of carbonyl (C=O) groups is 1. The maximum absolute atomic E-state index is 10.8. The van der Waals surface area contributed by atoms with Gasteiger partial charge in [0.1, 0.15) is 6.29 Å². The number of rotatable bonds is 9. The molecule has 1 aromatic rings. The third kappa shape index (κ3) is 4.44. The molecule has 0 aromatic heterocycles. The largest absolute Gasteiger partial charge is 0.493 e. The van der Waals surface area contributed by atoms with Gasteiger partial charge in [0, 0.05) is 25.2 Å². The fourth-order valence-electron chi connectivity index (χ4n) is 1.59. The van der Waals surface area contributed by atoms with Crippen LogP contribution in [0.2, 0.25) is 0 Å². The van der Waals surface area contributed by atoms with Crippen molar-refractivity contribution < 1.29 is 23.7 Å². The Kier molecular flexibility index (Phi) is 6.74. The first-order valence-corrected chi connectivity index (χ1v) is 6.18. The number of hydrogen-bond acceptors (Lipinski definition) is 5. The van der Waals surface area contributed by atoms with E-state index in [2.05, 4.69) is 0 Å². The van der Waals surface area contributed by atoms with Crippen molar-refractivity contribution in [2.75, 3.05) is 34.0 Å². The molecule has 19 heavy (non-hydrogen) atoms. The van der Waals surface area contributed by atoms with Crippen LogP contribution in [0.25, 0.3) is 0 Å². The smallest absolute Gasteiger partial charge is 0.203 e. The molecule has 0 fully saturated rings. The summed E-state index contributed by atoms with van der Waals surface area (Å²) in [5.41, 5.74) is 0.482. The third-order valence-corrected chi connectivity index (χ3v) is 2.50. The van der Waals surface area contributed by atoms with Gasteiger partial charge >= 0.3 is 0 Å². The molecule has 1 aromatic carbocycles. The summed E-state index contributed by atoms with van der Waals surface area (Å²) in [6, 6.07) is 3.24. The van der Waals surface area contributed by atoms with E-state index in [1.807, 2.05) is 6.92 Å². The van der Waals surface area contributed by atoms with Gasteiger partial charge in [-0.2, -0.15) is 0 Å². The number of hydrogen-bond donors (Lipinski definition) is 0. The first-order valence-electron chi connectivity index (χ1n) is 6.18. The molecule has 1 rings (SSSR count). The zero-order chi connectivity index (χ0) is 14.1. The highest BCUT2D eigenvalue weighted by atomic mass is 16.5. The predicted molar refractivity (Wildman–Crippen MR) is 71.5 cm³/mol. The van der Waals surface area contributed by atoms with E-state index in [1.165, 1.54) is 14.2 Å². The van der Waals surface area contributed by atoms with Crippen molar-refractivity contribution in [3.63, 3.8) is 0 Å². The molecule has 0 bridgehead atoms. The monoisotopic (exact) mass is 268 g/mol. The first kappa shape index (κ1) is 15.3. The number of methoxy groups -OCH3 is 2. The van der Waals surface area contributed by atoms with E-state index in [9.17, 15) is 4.79 Å². The maximum atomic E-state index is 10.8. The molecule has 0 aliphatic heterocycles. The maximum Gasteiger partial charge on any atom is 0.203 e. The summed E-state index contributed by atoms with van der Waals surface area (Å²) in [7, 11) is 3.05. The second-order valence-electron chi connectivity index (χ2n) is 3.77. The van der Waals surface area contributed by atoms with Gasteiger partial charge in [-0.25, -0.2) is 0 Å². The molecule has 0 amide bonds. The lowest BCUT2D eigenvalue weighted by Gasteiger charge is -2.14. The lowest BCUT2D eigenvalue weighted by Crippen LogP contribution is -2.05. The van der Waals surface area contributed by atoms with Crippen molar-refractivity contribution >= 4 is 6.29 Å². The number of benzene rings is 1. The quantitative estimate of drug-likeness (QED) is 0.508. The standard InChI is InChI=1S/C14H20O5/c1-4-18-6-5-7-19-14-12(16-2)8-11(10-15)9-13(14)17-3/h8-10H,4-7H2,1-3H3. The lowest BCUT2D eigenvalue weighted by molar-refractivity contribution is 0.112. The zero-order valence-electron chi connectivity index (χ0n) is 11.6. The second kappa shape index (κ2) is 8.37. The van der Waals surface area contributed by atoms with Gasteiger partial charge in [-0.15, -0.1) is 0 Å². The number of carbonyl (C=O) groups excluding carboxylic acids is 1. The fraction of sp³-hybridized carbons (Fsp3) is 0.500. The molecule has 0 N–H and O–H groups in total. The Bertz CT molecular complexity index is 378. The van der Waals surface area contributed by atoms with Gasteiger partial charge in [0.25, 0.3) is 0 Å². The molecule has 0 aliphatic rings. The van der Waals surface area contributed by atoms with Gasteiger partial charge in [-0.05, 0) is 19.1 Å². The minimum Gasteiger partial charge on any atom is -0.493 e. The fourth-order valence-corrected chi connectivity index (χ4v) is 1.59. The summed E-state index contributed by atoms with van der Waals surface area (Å²) < 4.78 is 21.3. The van der Waals surface area contributed by atoms with E-state index >= 15 is 0 Å². The van der Waals surface area contributed by atoms with Crippen molar-refractivity contribution in [3.05, 3.63) is 17.7 Å². The van der Waals surface area contributed by atoms with Crippen LogP contribution < -0.4 is 14.2 Å². The van der Waals surface area contributed by atoms with Gasteiger partial charge in [0.15, 0.2) is 11.5 Å². The summed E-state index contributed by atoms with van der Waals surface area (Å²) in [5, 5.41) is 0. The van der Waals surface area contributed by atoms with Crippen LogP contribution in [0, 0.1) is 0 Å². The van der Waals surface area contributed by atoms with Crippen LogP contribution >= 0.6 is 0 Å². The number of ether oxygens (including phenoxy) is 4. The third-order valence-electron chi connectivity index (χ3n) is 2.50. The van der Waals surface area contributed by atoms with E-state index in [-0.39, 0.29) is 0 Å². The molecule has 0 radical (unpaired) electrons. The summed E-state index contributed by atoms with van der Waals surface area (Å²) in [5.74, 6) is 1.47. The minimum absolute atomic E-state index is 0.482. The Balaban J connectivity index is 2.76. The normalized spacial score (nSPS) is 10.1. The Morgan fingerprint density at radius 3 is 2.21 bits per heavy atom. The van der Waals surface area contributed by atoms with Crippen LogP contribution in [0.15, 0.2) is 12.1 Å². The van der Waals surface area contributed by atoms with E-state index in [1.54, 1.807) is 12.1 Å². The summed E-state index contributed by atoms with van der Waals surface area (Å²) in [6.45, 7) is 3.78. The van der Waals surface area contributed by atoms with Gasteiger partial charge in [0.2, 0.25) is 5.75 Å². The highest BCUT2D eigenvalue weighted by Crippen LogP contribution is 2.38. The topological polar surface area (TPSA) is 54.0 Å². The second-order valence-corrected chi connectivity index (χ2v) is 3.77. The average Bonchev–Trinajstić information content (AvgIpc) is 2.46. The summed E-state index contributed by atoms with van der Waals surface area (Å²) >= 11 is 0. The van der Waals surface area contributed by atoms with Crippen molar-refractivity contribution in [1.29, 1.82) is 0 Å². The van der Waals surface area contributed by atoms with E-state index in [4.69, 9.17) is 18.9 Å². The summed E-state index contributed by atoms with van der Waals surface area (Å²) in [6.07, 6.45) is 1.51. The highest BCUT2D eigenvalue weighted by molar-refractivity contribution is 5.78. The molecule has 0 spiro atoms. The van der Waals surface area contributed by atoms with Crippen LogP contribution in [0.3, 0.4) is 0 Å². The average molecular weight is 268 g/mol. The Morgan fingerprint density at radius 2 is 1.74 bits per heavy atom. The summed E-state index contributed by atoms with van der Waals surface area (Å²) in [4.78, 5) is 10.8. The van der Waals surface area contributed by atoms with E-state index < -0.39 is 0 Å². The van der Waals surface area contributed by atoms with Crippen molar-refractivity contribution in [2.24, 2.45) is 0 Å². The van der Waals surface area contributed by atoms with Crippen LogP contribution in [-0.4, -0.2) is 40.3 Å². The Labute approximate surface area is 113 Å². The molecule has 106 valence electrons. The minimum atomic E-state index is 0.482. The van der Waals surface area contributed by atoms with Crippen molar-refractivity contribution in [1.82, 2.24) is 0 Å². The van der Waals surface area contributed by atoms with Crippen LogP contribution in [0.4, 0.5) is 0 Å². The van der Waals surface area contributed by atoms with Crippen molar-refractivity contribution in [2.45, 2.75) is 13.3 Å². The molecule has 5 heteroatoms. The van der Waals surface area contributed by atoms with Gasteiger partial charge in [-0.3, -0.25) is 4.79 Å². The molecular formula is C14H20O5. The Hall–Kier alpha value is -1.75. The predicted octanol–water partition coefficient (Wildman–Crippen LogP) is 2.32. The molecule has 0 atom stereocenters. The molecular weight excluding hydrogens is 248 g/mol. The molecule has 0 saturated heterocycles. The molecule has 0 heterocycles. The van der Waals surface area contributed by atoms with E-state index in [0.717, 1.165) is 12.7 Å². The van der Waals surface area contributed by atoms with Crippen LogP contribution in [-0.2, 0) is 4.74 Å². The van der Waals surface area contributed by atoms with E-state index in [0.29, 0.717) is 42.6 Å².